The van der Waals surface area contributed by atoms with Gasteiger partial charge in [-0.3, -0.25) is 4.79 Å². The Morgan fingerprint density at radius 3 is 2.37 bits per heavy atom. The van der Waals surface area contributed by atoms with Crippen LogP contribution in [0.1, 0.15) is 41.4 Å². The molecule has 0 unspecified atom stereocenters. The third-order valence-electron chi connectivity index (χ3n) is 4.22. The van der Waals surface area contributed by atoms with Crippen molar-refractivity contribution in [3.63, 3.8) is 0 Å². The fourth-order valence-electron chi connectivity index (χ4n) is 2.58. The normalized spacial score (nSPS) is 11.4. The molecule has 0 aromatic heterocycles. The first kappa shape index (κ1) is 20.3. The number of rotatable bonds is 8. The number of ether oxygens (including phenoxy) is 3. The highest BCUT2D eigenvalue weighted by molar-refractivity contribution is 5.92. The largest absolute Gasteiger partial charge is 0.497 e. The second kappa shape index (κ2) is 9.62. The van der Waals surface area contributed by atoms with Gasteiger partial charge in [0, 0.05) is 6.07 Å². The molecule has 2 rings (SSSR count). The molecule has 1 N–H and O–H groups in total. The second-order valence-electron chi connectivity index (χ2n) is 6.03. The Balaban J connectivity index is 2.00. The first-order valence-corrected chi connectivity index (χ1v) is 8.75. The van der Waals surface area contributed by atoms with E-state index in [0.29, 0.717) is 5.75 Å². The maximum absolute atomic E-state index is 12.2. The molecule has 0 heterocycles. The number of nitrogens with one attached hydrogen (secondary N) is 1. The molecule has 2 aromatic carbocycles. The summed E-state index contributed by atoms with van der Waals surface area (Å²) in [5, 5.41) is 2.88. The van der Waals surface area contributed by atoms with Gasteiger partial charge in [-0.2, -0.15) is 0 Å². The number of esters is 1. The standard InChI is InChI=1S/C21H25NO5/c1-5-15-6-8-16(9-7-15)14(2)22-20(23)13-27-19-12-17(25-3)10-11-18(19)21(24)26-4/h6-12,14H,5,13H2,1-4H3,(H,22,23)/t14-/m0/s1. The van der Waals surface area contributed by atoms with E-state index in [1.54, 1.807) is 12.1 Å². The lowest BCUT2D eigenvalue weighted by atomic mass is 10.1. The molecule has 0 saturated heterocycles. The van der Waals surface area contributed by atoms with Crippen molar-refractivity contribution in [1.29, 1.82) is 0 Å². The van der Waals surface area contributed by atoms with Crippen LogP contribution in [0.25, 0.3) is 0 Å². The van der Waals surface area contributed by atoms with Crippen LogP contribution < -0.4 is 14.8 Å². The van der Waals surface area contributed by atoms with Gasteiger partial charge in [-0.15, -0.1) is 0 Å². The molecule has 0 aliphatic heterocycles. The van der Waals surface area contributed by atoms with Gasteiger partial charge < -0.3 is 19.5 Å². The van der Waals surface area contributed by atoms with E-state index in [1.165, 1.54) is 25.8 Å². The number of benzene rings is 2. The van der Waals surface area contributed by atoms with E-state index in [4.69, 9.17) is 14.2 Å². The SMILES string of the molecule is CCc1ccc([C@H](C)NC(=O)COc2cc(OC)ccc2C(=O)OC)cc1. The number of carbonyl (C=O) groups excluding carboxylic acids is 2. The van der Waals surface area contributed by atoms with E-state index >= 15 is 0 Å². The van der Waals surface area contributed by atoms with Gasteiger partial charge in [0.25, 0.3) is 5.91 Å². The van der Waals surface area contributed by atoms with Gasteiger partial charge in [0.15, 0.2) is 6.61 Å². The topological polar surface area (TPSA) is 73.9 Å². The average molecular weight is 371 g/mol. The summed E-state index contributed by atoms with van der Waals surface area (Å²) in [7, 11) is 2.80. The van der Waals surface area contributed by atoms with Crippen molar-refractivity contribution < 1.29 is 23.8 Å². The zero-order valence-electron chi connectivity index (χ0n) is 16.1. The van der Waals surface area contributed by atoms with Crippen molar-refractivity contribution in [3.8, 4) is 11.5 Å². The molecule has 0 fully saturated rings. The highest BCUT2D eigenvalue weighted by Gasteiger charge is 2.16. The summed E-state index contributed by atoms with van der Waals surface area (Å²) in [6, 6.07) is 12.7. The molecule has 2 aromatic rings. The first-order chi connectivity index (χ1) is 13.0. The van der Waals surface area contributed by atoms with E-state index < -0.39 is 5.97 Å². The van der Waals surface area contributed by atoms with Gasteiger partial charge in [0.1, 0.15) is 17.1 Å². The van der Waals surface area contributed by atoms with Crippen LogP contribution >= 0.6 is 0 Å². The van der Waals surface area contributed by atoms with Gasteiger partial charge in [0.2, 0.25) is 0 Å². The van der Waals surface area contributed by atoms with Crippen molar-refractivity contribution in [2.45, 2.75) is 26.3 Å². The van der Waals surface area contributed by atoms with Crippen molar-refractivity contribution in [2.75, 3.05) is 20.8 Å². The number of methoxy groups -OCH3 is 2. The van der Waals surface area contributed by atoms with Crippen LogP contribution in [0.5, 0.6) is 11.5 Å². The molecule has 0 spiro atoms. The number of hydrogen-bond acceptors (Lipinski definition) is 5. The summed E-state index contributed by atoms with van der Waals surface area (Å²) in [5.41, 5.74) is 2.49. The van der Waals surface area contributed by atoms with Crippen LogP contribution in [-0.2, 0) is 16.0 Å². The van der Waals surface area contributed by atoms with Crippen LogP contribution in [0.15, 0.2) is 42.5 Å². The van der Waals surface area contributed by atoms with Gasteiger partial charge in [-0.05, 0) is 36.6 Å². The summed E-state index contributed by atoms with van der Waals surface area (Å²) in [6.07, 6.45) is 0.970. The molecule has 0 aliphatic carbocycles. The van der Waals surface area contributed by atoms with Gasteiger partial charge in [-0.1, -0.05) is 31.2 Å². The smallest absolute Gasteiger partial charge is 0.341 e. The quantitative estimate of drug-likeness (QED) is 0.721. The van der Waals surface area contributed by atoms with Crippen LogP contribution in [0.2, 0.25) is 0 Å². The Kier molecular flexibility index (Phi) is 7.23. The minimum atomic E-state index is -0.544. The fourth-order valence-corrected chi connectivity index (χ4v) is 2.58. The first-order valence-electron chi connectivity index (χ1n) is 8.75. The van der Waals surface area contributed by atoms with Crippen LogP contribution in [0, 0.1) is 0 Å². The number of aryl methyl sites for hydroxylation is 1. The maximum Gasteiger partial charge on any atom is 0.341 e. The highest BCUT2D eigenvalue weighted by Crippen LogP contribution is 2.25. The van der Waals surface area contributed by atoms with E-state index in [0.717, 1.165) is 12.0 Å². The maximum atomic E-state index is 12.2. The minimum absolute atomic E-state index is 0.155. The van der Waals surface area contributed by atoms with E-state index in [2.05, 4.69) is 12.2 Å². The van der Waals surface area contributed by atoms with E-state index in [1.807, 2.05) is 31.2 Å². The Hall–Kier alpha value is -3.02. The third-order valence-corrected chi connectivity index (χ3v) is 4.22. The molecule has 144 valence electrons. The van der Waals surface area contributed by atoms with E-state index in [9.17, 15) is 9.59 Å². The molecule has 6 nitrogen and oxygen atoms in total. The van der Waals surface area contributed by atoms with Gasteiger partial charge in [0.05, 0.1) is 20.3 Å². The molecule has 6 heteroatoms. The van der Waals surface area contributed by atoms with Crippen molar-refractivity contribution in [1.82, 2.24) is 5.32 Å². The molecule has 1 amide bonds. The number of hydrogen-bond donors (Lipinski definition) is 1. The number of amides is 1. The van der Waals surface area contributed by atoms with Gasteiger partial charge >= 0.3 is 5.97 Å². The highest BCUT2D eigenvalue weighted by atomic mass is 16.5. The monoisotopic (exact) mass is 371 g/mol. The van der Waals surface area contributed by atoms with Gasteiger partial charge in [-0.25, -0.2) is 4.79 Å². The molecule has 0 radical (unpaired) electrons. The predicted molar refractivity (Wildman–Crippen MR) is 102 cm³/mol. The lowest BCUT2D eigenvalue weighted by molar-refractivity contribution is -0.123. The Morgan fingerprint density at radius 2 is 1.78 bits per heavy atom. The Morgan fingerprint density at radius 1 is 1.07 bits per heavy atom. The molecular formula is C21H25NO5. The Labute approximate surface area is 159 Å². The lowest BCUT2D eigenvalue weighted by Crippen LogP contribution is -2.31. The molecule has 1 atom stereocenters. The molecule has 27 heavy (non-hydrogen) atoms. The zero-order chi connectivity index (χ0) is 19.8. The molecule has 0 aliphatic rings. The van der Waals surface area contributed by atoms with E-state index in [-0.39, 0.29) is 29.9 Å². The molecular weight excluding hydrogens is 346 g/mol. The molecule has 0 bridgehead atoms. The summed E-state index contributed by atoms with van der Waals surface area (Å²) in [6.45, 7) is 3.78. The van der Waals surface area contributed by atoms with Crippen molar-refractivity contribution >= 4 is 11.9 Å². The van der Waals surface area contributed by atoms with Crippen molar-refractivity contribution in [3.05, 3.63) is 59.2 Å². The summed E-state index contributed by atoms with van der Waals surface area (Å²) in [5.74, 6) is -0.0862. The summed E-state index contributed by atoms with van der Waals surface area (Å²) in [4.78, 5) is 24.1. The van der Waals surface area contributed by atoms with Crippen LogP contribution in [-0.4, -0.2) is 32.7 Å². The average Bonchev–Trinajstić information content (AvgIpc) is 2.71. The second-order valence-corrected chi connectivity index (χ2v) is 6.03. The molecule has 0 saturated carbocycles. The van der Waals surface area contributed by atoms with Crippen molar-refractivity contribution in [2.24, 2.45) is 0 Å². The minimum Gasteiger partial charge on any atom is -0.497 e. The lowest BCUT2D eigenvalue weighted by Gasteiger charge is -2.16. The summed E-state index contributed by atoms with van der Waals surface area (Å²) < 4.78 is 15.4. The summed E-state index contributed by atoms with van der Waals surface area (Å²) >= 11 is 0. The zero-order valence-corrected chi connectivity index (χ0v) is 16.1. The fraction of sp³-hybridized carbons (Fsp3) is 0.333. The Bertz CT molecular complexity index is 786. The van der Waals surface area contributed by atoms with Crippen LogP contribution in [0.3, 0.4) is 0 Å². The van der Waals surface area contributed by atoms with Crippen LogP contribution in [0.4, 0.5) is 0 Å². The third kappa shape index (κ3) is 5.48. The number of carbonyl (C=O) groups is 2. The predicted octanol–water partition coefficient (Wildman–Crippen LogP) is 3.30.